The number of ether oxygens (including phenoxy) is 2. The predicted octanol–water partition coefficient (Wildman–Crippen LogP) is 2.85. The van der Waals surface area contributed by atoms with Gasteiger partial charge in [0.25, 0.3) is 5.91 Å². The van der Waals surface area contributed by atoms with Crippen molar-refractivity contribution < 1.29 is 33.8 Å². The van der Waals surface area contributed by atoms with Crippen molar-refractivity contribution in [2.75, 3.05) is 13.2 Å². The molecule has 0 saturated heterocycles. The van der Waals surface area contributed by atoms with Crippen LogP contribution in [0, 0.1) is 0 Å². The van der Waals surface area contributed by atoms with Crippen LogP contribution in [0.4, 0.5) is 4.79 Å². The number of carboxylic acid groups (broad SMARTS) is 1. The molecule has 0 unspecified atom stereocenters. The largest absolute Gasteiger partial charge is 0.494 e. The molecule has 9 heteroatoms. The molecule has 0 radical (unpaired) electrons. The van der Waals surface area contributed by atoms with Gasteiger partial charge < -0.3 is 24.8 Å². The summed E-state index contributed by atoms with van der Waals surface area (Å²) in [6.07, 6.45) is 0.328. The number of hydrogen-bond donors (Lipinski definition) is 2. The highest BCUT2D eigenvalue weighted by Crippen LogP contribution is 2.27. The Morgan fingerprint density at radius 2 is 2.00 bits per heavy atom. The van der Waals surface area contributed by atoms with E-state index in [1.165, 1.54) is 23.0 Å². The average Bonchev–Trinajstić information content (AvgIpc) is 2.81. The molecule has 2 aromatic carbocycles. The number of nitrogens with one attached hydrogen (secondary N) is 1. The fourth-order valence-electron chi connectivity index (χ4n) is 3.58. The highest BCUT2D eigenvalue weighted by Gasteiger charge is 2.24. The molecule has 1 atom stereocenters. The van der Waals surface area contributed by atoms with Crippen LogP contribution in [0.5, 0.6) is 11.5 Å². The Balaban J connectivity index is 1.74. The number of ketones is 1. The SMILES string of the molecule is CCOc1ccc(C(=O)[C@H](C)NC(=O)c2ccc3c(c2)CCN(C(=O)O)C3)c(OC=C=O)c1. The first-order chi connectivity index (χ1) is 15.8. The summed E-state index contributed by atoms with van der Waals surface area (Å²) in [6.45, 7) is 4.41. The molecule has 0 saturated carbocycles. The highest BCUT2D eigenvalue weighted by atomic mass is 16.5. The minimum Gasteiger partial charge on any atom is -0.494 e. The van der Waals surface area contributed by atoms with Crippen LogP contribution in [0.2, 0.25) is 0 Å². The van der Waals surface area contributed by atoms with Gasteiger partial charge in [-0.15, -0.1) is 0 Å². The van der Waals surface area contributed by atoms with Crippen LogP contribution in [0.3, 0.4) is 0 Å². The van der Waals surface area contributed by atoms with E-state index in [0.29, 0.717) is 30.9 Å². The van der Waals surface area contributed by atoms with Crippen LogP contribution in [-0.4, -0.2) is 52.9 Å². The molecule has 0 fully saturated rings. The summed E-state index contributed by atoms with van der Waals surface area (Å²) in [7, 11) is 0. The van der Waals surface area contributed by atoms with Crippen LogP contribution >= 0.6 is 0 Å². The topological polar surface area (TPSA) is 122 Å². The number of Topliss-reactive ketones (excluding diaryl/α,β-unsaturated/α-hetero) is 1. The van der Waals surface area contributed by atoms with Crippen LogP contribution < -0.4 is 14.8 Å². The molecular formula is C24H24N2O7. The Morgan fingerprint density at radius 1 is 1.21 bits per heavy atom. The van der Waals surface area contributed by atoms with E-state index in [1.54, 1.807) is 31.2 Å². The fraction of sp³-hybridized carbons (Fsp3) is 0.292. The summed E-state index contributed by atoms with van der Waals surface area (Å²) in [5.74, 6) is 1.24. The Labute approximate surface area is 190 Å². The maximum atomic E-state index is 13.0. The molecule has 172 valence electrons. The molecule has 0 aromatic heterocycles. The number of hydrogen-bond acceptors (Lipinski definition) is 6. The predicted molar refractivity (Wildman–Crippen MR) is 118 cm³/mol. The first kappa shape index (κ1) is 23.6. The van der Waals surface area contributed by atoms with Crippen molar-refractivity contribution >= 4 is 23.7 Å². The molecule has 0 aliphatic carbocycles. The second-order valence-corrected chi connectivity index (χ2v) is 7.44. The molecule has 2 amide bonds. The maximum absolute atomic E-state index is 13.0. The zero-order chi connectivity index (χ0) is 24.0. The second kappa shape index (κ2) is 10.5. The molecule has 33 heavy (non-hydrogen) atoms. The lowest BCUT2D eigenvalue weighted by Gasteiger charge is -2.26. The third-order valence-electron chi connectivity index (χ3n) is 5.26. The van der Waals surface area contributed by atoms with E-state index in [-0.39, 0.29) is 17.9 Å². The van der Waals surface area contributed by atoms with Crippen molar-refractivity contribution in [2.45, 2.75) is 32.9 Å². The van der Waals surface area contributed by atoms with Crippen LogP contribution in [0.25, 0.3) is 0 Å². The number of benzene rings is 2. The van der Waals surface area contributed by atoms with Gasteiger partial charge in [-0.3, -0.25) is 9.59 Å². The van der Waals surface area contributed by atoms with E-state index in [1.807, 2.05) is 6.92 Å². The molecule has 9 nitrogen and oxygen atoms in total. The average molecular weight is 452 g/mol. The van der Waals surface area contributed by atoms with Gasteiger partial charge in [-0.25, -0.2) is 9.59 Å². The monoisotopic (exact) mass is 452 g/mol. The Kier molecular flexibility index (Phi) is 7.48. The van der Waals surface area contributed by atoms with E-state index in [9.17, 15) is 19.2 Å². The maximum Gasteiger partial charge on any atom is 0.407 e. The standard InChI is InChI=1S/C24H24N2O7/c1-3-32-19-6-7-20(21(13-19)33-11-10-27)22(28)15(2)25-23(29)17-4-5-18-14-26(24(30)31)9-8-16(18)12-17/h4-7,11-13,15H,3,8-9,14H2,1-2H3,(H,25,29)(H,30,31)/t15-/m0/s1. The fourth-order valence-corrected chi connectivity index (χ4v) is 3.58. The smallest absolute Gasteiger partial charge is 0.407 e. The number of carbonyl (C=O) groups is 3. The van der Waals surface area contributed by atoms with Crippen molar-refractivity contribution in [1.82, 2.24) is 10.2 Å². The summed E-state index contributed by atoms with van der Waals surface area (Å²) in [6, 6.07) is 8.79. The van der Waals surface area contributed by atoms with Crippen LogP contribution in [0.1, 0.15) is 45.7 Å². The van der Waals surface area contributed by atoms with Gasteiger partial charge in [0.05, 0.1) is 18.2 Å². The van der Waals surface area contributed by atoms with Crippen molar-refractivity contribution in [3.8, 4) is 11.5 Å². The van der Waals surface area contributed by atoms with E-state index >= 15 is 0 Å². The molecule has 0 spiro atoms. The summed E-state index contributed by atoms with van der Waals surface area (Å²) in [4.78, 5) is 48.8. The van der Waals surface area contributed by atoms with Crippen molar-refractivity contribution in [1.29, 1.82) is 0 Å². The molecular weight excluding hydrogens is 428 g/mol. The number of amides is 2. The quantitative estimate of drug-likeness (QED) is 0.359. The molecule has 1 aliphatic rings. The zero-order valence-electron chi connectivity index (χ0n) is 18.3. The van der Waals surface area contributed by atoms with Gasteiger partial charge in [0, 0.05) is 24.7 Å². The van der Waals surface area contributed by atoms with Crippen molar-refractivity contribution in [3.05, 3.63) is 64.9 Å². The van der Waals surface area contributed by atoms with Gasteiger partial charge in [0.2, 0.25) is 0 Å². The summed E-state index contributed by atoms with van der Waals surface area (Å²) in [5.41, 5.74) is 2.31. The van der Waals surface area contributed by atoms with E-state index in [4.69, 9.17) is 14.6 Å². The highest BCUT2D eigenvalue weighted by molar-refractivity contribution is 6.05. The van der Waals surface area contributed by atoms with E-state index in [2.05, 4.69) is 5.32 Å². The van der Waals surface area contributed by atoms with Crippen molar-refractivity contribution in [3.63, 3.8) is 0 Å². The molecule has 3 rings (SSSR count). The summed E-state index contributed by atoms with van der Waals surface area (Å²) < 4.78 is 10.6. The van der Waals surface area contributed by atoms with Gasteiger partial charge in [-0.1, -0.05) is 6.07 Å². The third-order valence-corrected chi connectivity index (χ3v) is 5.26. The summed E-state index contributed by atoms with van der Waals surface area (Å²) in [5, 5.41) is 11.8. The first-order valence-electron chi connectivity index (χ1n) is 10.4. The molecule has 2 aromatic rings. The van der Waals surface area contributed by atoms with Gasteiger partial charge in [-0.05, 0) is 55.7 Å². The Hall–Kier alpha value is -4.10. The minimum absolute atomic E-state index is 0.118. The first-order valence-corrected chi connectivity index (χ1v) is 10.4. The number of fused-ring (bicyclic) bond motifs is 1. The lowest BCUT2D eigenvalue weighted by atomic mass is 9.97. The van der Waals surface area contributed by atoms with E-state index in [0.717, 1.165) is 17.4 Å². The van der Waals surface area contributed by atoms with Gasteiger partial charge in [0.1, 0.15) is 11.5 Å². The Bertz CT molecular complexity index is 1120. The van der Waals surface area contributed by atoms with Gasteiger partial charge in [-0.2, -0.15) is 0 Å². The lowest BCUT2D eigenvalue weighted by Crippen LogP contribution is -2.39. The lowest BCUT2D eigenvalue weighted by molar-refractivity contribution is 0.0864. The van der Waals surface area contributed by atoms with Gasteiger partial charge >= 0.3 is 6.09 Å². The zero-order valence-corrected chi connectivity index (χ0v) is 18.3. The number of rotatable bonds is 8. The van der Waals surface area contributed by atoms with Gasteiger partial charge in [0.15, 0.2) is 18.0 Å². The third kappa shape index (κ3) is 5.58. The Morgan fingerprint density at radius 3 is 2.70 bits per heavy atom. The number of carbonyl (C=O) groups excluding carboxylic acids is 3. The normalized spacial score (nSPS) is 13.2. The van der Waals surface area contributed by atoms with E-state index < -0.39 is 23.8 Å². The minimum atomic E-state index is -0.976. The van der Waals surface area contributed by atoms with Crippen LogP contribution in [0.15, 0.2) is 42.7 Å². The molecule has 1 heterocycles. The van der Waals surface area contributed by atoms with Crippen LogP contribution in [-0.2, 0) is 17.8 Å². The second-order valence-electron chi connectivity index (χ2n) is 7.44. The van der Waals surface area contributed by atoms with Crippen molar-refractivity contribution in [2.24, 2.45) is 0 Å². The molecule has 2 N–H and O–H groups in total. The summed E-state index contributed by atoms with van der Waals surface area (Å²) >= 11 is 0. The number of nitrogens with zero attached hydrogens (tertiary/aromatic N) is 1. The molecule has 0 bridgehead atoms. The molecule has 1 aliphatic heterocycles.